The van der Waals surface area contributed by atoms with Crippen molar-refractivity contribution in [2.24, 2.45) is 0 Å². The van der Waals surface area contributed by atoms with Crippen molar-refractivity contribution in [1.82, 2.24) is 19.9 Å². The van der Waals surface area contributed by atoms with Crippen molar-refractivity contribution in [3.05, 3.63) is 53.5 Å². The summed E-state index contributed by atoms with van der Waals surface area (Å²) in [6.45, 7) is 0. The van der Waals surface area contributed by atoms with Gasteiger partial charge in [0.1, 0.15) is 14.0 Å². The molecular weight excluding hydrogens is 791 g/mol. The first-order chi connectivity index (χ1) is 18.3. The molecule has 0 fully saturated rings. The molecule has 0 aliphatic heterocycles. The maximum atomic E-state index is 12.3. The number of nitrogens with zero attached hydrogens (tertiary/aromatic N) is 4. The lowest BCUT2D eigenvalue weighted by molar-refractivity contribution is 0.397. The number of ether oxygens (including phenoxy) is 2. The predicted octanol–water partition coefficient (Wildman–Crippen LogP) is 6.18. The summed E-state index contributed by atoms with van der Waals surface area (Å²) in [4.78, 5) is 15.5. The molecule has 0 atom stereocenters. The van der Waals surface area contributed by atoms with Crippen molar-refractivity contribution in [1.29, 1.82) is 0 Å². The molecule has 0 saturated carbocycles. The Balaban J connectivity index is 0.000000216. The molecule has 0 aromatic carbocycles. The van der Waals surface area contributed by atoms with Crippen molar-refractivity contribution in [3.63, 3.8) is 0 Å². The first kappa shape index (κ1) is 32.0. The maximum absolute atomic E-state index is 12.3. The van der Waals surface area contributed by atoms with Gasteiger partial charge in [0.2, 0.25) is 11.6 Å². The van der Waals surface area contributed by atoms with Crippen LogP contribution >= 0.6 is 89.3 Å². The minimum atomic E-state index is -3.83. The summed E-state index contributed by atoms with van der Waals surface area (Å²) >= 11 is 25.3. The van der Waals surface area contributed by atoms with Gasteiger partial charge in [0.05, 0.1) is 39.8 Å². The molecule has 0 radical (unpaired) electrons. The largest absolute Gasteiger partial charge is 0.478 e. The molecule has 4 rings (SSSR count). The second-order valence-corrected chi connectivity index (χ2v) is 15.8. The Kier molecular flexibility index (Phi) is 11.0. The number of hydrogen-bond acceptors (Lipinski definition) is 12. The van der Waals surface area contributed by atoms with Crippen LogP contribution in [0.3, 0.4) is 0 Å². The van der Waals surface area contributed by atoms with Crippen molar-refractivity contribution in [2.45, 2.75) is 8.42 Å². The molecule has 4 aromatic rings. The summed E-state index contributed by atoms with van der Waals surface area (Å²) in [5, 5.41) is 0.0442. The number of aromatic nitrogens is 4. The monoisotopic (exact) mass is 800 g/mol. The molecule has 2 N–H and O–H groups in total. The molecule has 0 amide bonds. The van der Waals surface area contributed by atoms with Gasteiger partial charge in [-0.25, -0.2) is 36.8 Å². The average molecular weight is 804 g/mol. The lowest BCUT2D eigenvalue weighted by atomic mass is 10.6. The number of rotatable bonds is 8. The Bertz CT molecular complexity index is 1700. The van der Waals surface area contributed by atoms with E-state index in [9.17, 15) is 16.8 Å². The Morgan fingerprint density at radius 2 is 1.49 bits per heavy atom. The third-order valence-electron chi connectivity index (χ3n) is 3.95. The number of nitrogens with one attached hydrogen (secondary N) is 2. The van der Waals surface area contributed by atoms with E-state index in [4.69, 9.17) is 44.3 Å². The second-order valence-electron chi connectivity index (χ2n) is 6.56. The van der Waals surface area contributed by atoms with Gasteiger partial charge in [0.15, 0.2) is 4.21 Å². The quantitative estimate of drug-likeness (QED) is 0.211. The fourth-order valence-corrected chi connectivity index (χ4v) is 9.34. The lowest BCUT2D eigenvalue weighted by Gasteiger charge is -2.09. The van der Waals surface area contributed by atoms with Crippen LogP contribution in [0.2, 0.25) is 13.8 Å². The van der Waals surface area contributed by atoms with Crippen LogP contribution < -0.4 is 18.9 Å². The number of thiophene rings is 2. The Labute approximate surface area is 262 Å². The third-order valence-corrected chi connectivity index (χ3v) is 11.9. The molecule has 4 aromatic heterocycles. The van der Waals surface area contributed by atoms with Crippen LogP contribution in [0.15, 0.2) is 48.1 Å². The molecule has 0 aliphatic carbocycles. The number of hydrogen-bond donors (Lipinski definition) is 2. The van der Waals surface area contributed by atoms with Gasteiger partial charge < -0.3 is 9.47 Å². The van der Waals surface area contributed by atoms with E-state index in [0.29, 0.717) is 17.7 Å². The molecule has 0 saturated heterocycles. The summed E-state index contributed by atoms with van der Waals surface area (Å²) < 4.78 is 64.7. The van der Waals surface area contributed by atoms with Gasteiger partial charge in [-0.3, -0.25) is 9.44 Å². The number of sulfonamides is 2. The zero-order valence-electron chi connectivity index (χ0n) is 19.1. The predicted molar refractivity (Wildman–Crippen MR) is 158 cm³/mol. The summed E-state index contributed by atoms with van der Waals surface area (Å²) in [6, 6.07) is 4.38. The van der Waals surface area contributed by atoms with E-state index in [-0.39, 0.29) is 37.0 Å². The van der Waals surface area contributed by atoms with Crippen LogP contribution in [-0.2, 0) is 20.0 Å². The summed E-state index contributed by atoms with van der Waals surface area (Å²) in [5.41, 5.74) is 0. The second kappa shape index (κ2) is 13.4. The van der Waals surface area contributed by atoms with Crippen LogP contribution in [0.5, 0.6) is 11.8 Å². The number of halogens is 5. The standard InChI is InChI=1S/C9H6Br2ClN3O3S2.C9H7Cl2N3O3S2/c1-18-8-7(13-3-5(11)14-8)15-20(16,17)9-4(10)2-6(12)19-9;1-17-9-8(13-5(10)4-12-9)14-19(15,16)7-3-2-6(11)18-7/h2-3H,1H3,(H,13,15);2-4H,1H3,(H,13,14). The molecule has 210 valence electrons. The third kappa shape index (κ3) is 8.49. The number of methoxy groups -OCH3 is 2. The van der Waals surface area contributed by atoms with Crippen LogP contribution in [-0.4, -0.2) is 51.0 Å². The Morgan fingerprint density at radius 3 is 2.05 bits per heavy atom. The SMILES string of the molecule is COc1nc(Br)cnc1NS(=O)(=O)c1sc(Cl)cc1Br.COc1ncc(Cl)nc1NS(=O)(=O)c1ccc(Cl)s1. The highest BCUT2D eigenvalue weighted by Crippen LogP contribution is 2.36. The fraction of sp³-hybridized carbons (Fsp3) is 0.111. The normalized spacial score (nSPS) is 11.4. The number of anilines is 2. The van der Waals surface area contributed by atoms with E-state index >= 15 is 0 Å². The molecule has 21 heteroatoms. The van der Waals surface area contributed by atoms with E-state index < -0.39 is 20.0 Å². The fourth-order valence-electron chi connectivity index (χ4n) is 2.44. The molecule has 0 unspecified atom stereocenters. The Hall–Kier alpha value is -1.51. The van der Waals surface area contributed by atoms with Crippen LogP contribution in [0.4, 0.5) is 11.6 Å². The van der Waals surface area contributed by atoms with Crippen molar-refractivity contribution in [2.75, 3.05) is 23.7 Å². The molecular formula is C18H13Br2Cl3N6O6S4. The molecule has 0 aliphatic rings. The van der Waals surface area contributed by atoms with Gasteiger partial charge in [-0.15, -0.1) is 22.7 Å². The first-order valence-corrected chi connectivity index (χ1v) is 17.0. The average Bonchev–Trinajstić information content (AvgIpc) is 3.45. The highest BCUT2D eigenvalue weighted by atomic mass is 79.9. The highest BCUT2D eigenvalue weighted by Gasteiger charge is 2.24. The Morgan fingerprint density at radius 1 is 0.821 bits per heavy atom. The molecule has 39 heavy (non-hydrogen) atoms. The van der Waals surface area contributed by atoms with Gasteiger partial charge in [0.25, 0.3) is 31.8 Å². The molecule has 0 bridgehead atoms. The van der Waals surface area contributed by atoms with Crippen LogP contribution in [0.1, 0.15) is 0 Å². The molecule has 0 spiro atoms. The smallest absolute Gasteiger partial charge is 0.273 e. The lowest BCUT2D eigenvalue weighted by Crippen LogP contribution is -2.14. The minimum absolute atomic E-state index is 0.00729. The van der Waals surface area contributed by atoms with Crippen molar-refractivity contribution >= 4 is 121 Å². The zero-order valence-corrected chi connectivity index (χ0v) is 27.9. The van der Waals surface area contributed by atoms with Gasteiger partial charge in [-0.05, 0) is 50.1 Å². The van der Waals surface area contributed by atoms with E-state index in [0.717, 1.165) is 22.7 Å². The van der Waals surface area contributed by atoms with Gasteiger partial charge in [-0.2, -0.15) is 0 Å². The van der Waals surface area contributed by atoms with Crippen LogP contribution in [0.25, 0.3) is 0 Å². The van der Waals surface area contributed by atoms with E-state index in [2.05, 4.69) is 61.2 Å². The van der Waals surface area contributed by atoms with Crippen molar-refractivity contribution in [3.8, 4) is 11.8 Å². The van der Waals surface area contributed by atoms with Crippen molar-refractivity contribution < 1.29 is 26.3 Å². The maximum Gasteiger partial charge on any atom is 0.273 e. The van der Waals surface area contributed by atoms with E-state index in [1.54, 1.807) is 0 Å². The van der Waals surface area contributed by atoms with E-state index in [1.807, 2.05) is 0 Å². The summed E-state index contributed by atoms with van der Waals surface area (Å²) in [6.07, 6.45) is 2.61. The topological polar surface area (TPSA) is 162 Å². The van der Waals surface area contributed by atoms with Gasteiger partial charge in [-0.1, -0.05) is 34.8 Å². The summed E-state index contributed by atoms with van der Waals surface area (Å²) in [7, 11) is -4.92. The van der Waals surface area contributed by atoms with E-state index in [1.165, 1.54) is 44.8 Å². The van der Waals surface area contributed by atoms with Crippen LogP contribution in [0, 0.1) is 0 Å². The zero-order chi connectivity index (χ0) is 29.0. The van der Waals surface area contributed by atoms with Gasteiger partial charge in [0, 0.05) is 0 Å². The molecule has 12 nitrogen and oxygen atoms in total. The summed E-state index contributed by atoms with van der Waals surface area (Å²) in [5.74, 6) is -0.0102. The molecule has 4 heterocycles. The highest BCUT2D eigenvalue weighted by molar-refractivity contribution is 9.10. The van der Waals surface area contributed by atoms with Gasteiger partial charge >= 0.3 is 0 Å². The minimum Gasteiger partial charge on any atom is -0.478 e. The first-order valence-electron chi connectivity index (χ1n) is 9.64.